The second-order valence-electron chi connectivity index (χ2n) is 3.04. The quantitative estimate of drug-likeness (QED) is 0.285. The van der Waals surface area contributed by atoms with Gasteiger partial charge in [0, 0.05) is 19.3 Å². The van der Waals surface area contributed by atoms with Crippen LogP contribution in [0.15, 0.2) is 28.7 Å². The van der Waals surface area contributed by atoms with E-state index >= 15 is 0 Å². The Morgan fingerprint density at radius 2 is 2.38 bits per heavy atom. The molecular weight excluding hydrogens is 230 g/mol. The molecule has 1 heterocycles. The molecule has 0 amide bonds. The van der Waals surface area contributed by atoms with Gasteiger partial charge in [0.2, 0.25) is 5.96 Å². The number of hydrogen-bond acceptors (Lipinski definition) is 3. The molecule has 1 aromatic heterocycles. The maximum absolute atomic E-state index is 9.96. The average Bonchev–Trinajstić information content (AvgIpc) is 2.28. The van der Waals surface area contributed by atoms with E-state index in [1.807, 2.05) is 13.0 Å². The first-order chi connectivity index (χ1) is 7.67. The van der Waals surface area contributed by atoms with Gasteiger partial charge in [0.25, 0.3) is 0 Å². The summed E-state index contributed by atoms with van der Waals surface area (Å²) in [4.78, 5) is 15.6. The highest BCUT2D eigenvalue weighted by Crippen LogP contribution is 2.07. The molecule has 0 aliphatic rings. The number of nitrogens with two attached hydrogens (primary N) is 1. The second kappa shape index (κ2) is 6.02. The number of nitrogens with zero attached hydrogens (tertiary/aromatic N) is 4. The molecule has 0 aromatic carbocycles. The molecule has 0 unspecified atom stereocenters. The molecule has 0 saturated heterocycles. The fourth-order valence-electron chi connectivity index (χ4n) is 1.18. The molecule has 0 aliphatic carbocycles. The summed E-state index contributed by atoms with van der Waals surface area (Å²) in [6, 6.07) is 3.52. The van der Waals surface area contributed by atoms with Crippen molar-refractivity contribution in [2.75, 3.05) is 6.54 Å². The van der Waals surface area contributed by atoms with Crippen LogP contribution in [0.5, 0.6) is 0 Å². The van der Waals surface area contributed by atoms with Gasteiger partial charge in [0.15, 0.2) is 0 Å². The lowest BCUT2D eigenvalue weighted by molar-refractivity contribution is 0.428. The van der Waals surface area contributed by atoms with E-state index in [-0.39, 0.29) is 5.96 Å². The number of guanidine groups is 1. The first-order valence-corrected chi connectivity index (χ1v) is 5.06. The van der Waals surface area contributed by atoms with Gasteiger partial charge >= 0.3 is 0 Å². The van der Waals surface area contributed by atoms with Crippen molar-refractivity contribution in [1.82, 2.24) is 9.88 Å². The van der Waals surface area contributed by atoms with Crippen LogP contribution in [0.2, 0.25) is 5.15 Å². The van der Waals surface area contributed by atoms with E-state index in [4.69, 9.17) is 17.3 Å². The van der Waals surface area contributed by atoms with Gasteiger partial charge in [-0.15, -0.1) is 4.91 Å². The van der Waals surface area contributed by atoms with Crippen LogP contribution >= 0.6 is 11.6 Å². The summed E-state index contributed by atoms with van der Waals surface area (Å²) < 4.78 is 0. The van der Waals surface area contributed by atoms with Crippen molar-refractivity contribution in [3.8, 4) is 0 Å². The first-order valence-electron chi connectivity index (χ1n) is 4.68. The minimum absolute atomic E-state index is 0.0902. The summed E-state index contributed by atoms with van der Waals surface area (Å²) >= 11 is 5.66. The van der Waals surface area contributed by atoms with Crippen molar-refractivity contribution in [2.45, 2.75) is 13.5 Å². The molecule has 7 heteroatoms. The summed E-state index contributed by atoms with van der Waals surface area (Å²) in [7, 11) is 0. The van der Waals surface area contributed by atoms with Crippen molar-refractivity contribution >= 4 is 17.6 Å². The minimum Gasteiger partial charge on any atom is -0.368 e. The van der Waals surface area contributed by atoms with Crippen molar-refractivity contribution in [3.05, 3.63) is 34.0 Å². The maximum Gasteiger partial charge on any atom is 0.220 e. The van der Waals surface area contributed by atoms with Crippen LogP contribution in [-0.2, 0) is 6.54 Å². The lowest BCUT2D eigenvalue weighted by Gasteiger charge is -2.20. The van der Waals surface area contributed by atoms with E-state index in [1.54, 1.807) is 17.2 Å². The van der Waals surface area contributed by atoms with Crippen LogP contribution < -0.4 is 5.73 Å². The third-order valence-corrected chi connectivity index (χ3v) is 2.23. The van der Waals surface area contributed by atoms with Crippen LogP contribution in [0.3, 0.4) is 0 Å². The van der Waals surface area contributed by atoms with E-state index in [0.29, 0.717) is 18.2 Å². The number of aromatic nitrogens is 1. The van der Waals surface area contributed by atoms with E-state index in [1.165, 1.54) is 0 Å². The number of hydrogen-bond donors (Lipinski definition) is 1. The van der Waals surface area contributed by atoms with Crippen LogP contribution in [0.4, 0.5) is 0 Å². The second-order valence-corrected chi connectivity index (χ2v) is 3.43. The highest BCUT2D eigenvalue weighted by atomic mass is 35.5. The predicted molar refractivity (Wildman–Crippen MR) is 62.7 cm³/mol. The highest BCUT2D eigenvalue weighted by molar-refractivity contribution is 6.29. The van der Waals surface area contributed by atoms with E-state index in [2.05, 4.69) is 15.4 Å². The first kappa shape index (κ1) is 12.4. The minimum atomic E-state index is 0.0902. The molecule has 0 saturated carbocycles. The van der Waals surface area contributed by atoms with E-state index < -0.39 is 0 Å². The summed E-state index contributed by atoms with van der Waals surface area (Å²) in [6.07, 6.45) is 1.65. The maximum atomic E-state index is 9.96. The molecule has 1 aromatic rings. The fourth-order valence-corrected chi connectivity index (χ4v) is 1.29. The van der Waals surface area contributed by atoms with Crippen LogP contribution in [0, 0.1) is 4.91 Å². The molecule has 16 heavy (non-hydrogen) atoms. The smallest absolute Gasteiger partial charge is 0.220 e. The number of pyridine rings is 1. The molecule has 86 valence electrons. The topological polar surface area (TPSA) is 83.9 Å². The third-order valence-electron chi connectivity index (χ3n) is 2.01. The van der Waals surface area contributed by atoms with Gasteiger partial charge in [0.1, 0.15) is 5.15 Å². The largest absolute Gasteiger partial charge is 0.368 e. The molecule has 0 aliphatic heterocycles. The summed E-state index contributed by atoms with van der Waals surface area (Å²) in [5.74, 6) is 0.0902. The zero-order valence-corrected chi connectivity index (χ0v) is 9.55. The Morgan fingerprint density at radius 3 is 2.88 bits per heavy atom. The Balaban J connectivity index is 2.73. The Bertz CT molecular complexity index is 378. The SMILES string of the molecule is CCN(Cc1ccc(Cl)nc1)/C(N)=N/N=O. The predicted octanol–water partition coefficient (Wildman–Crippen LogP) is 1.55. The van der Waals surface area contributed by atoms with Gasteiger partial charge in [0.05, 0.1) is 5.29 Å². The standard InChI is InChI=1S/C9H12ClN5O/c1-2-15(9(11)13-14-16)6-7-3-4-8(10)12-5-7/h3-5H,2,6H2,1H3,(H2,11,13,16). The monoisotopic (exact) mass is 241 g/mol. The van der Waals surface area contributed by atoms with Crippen molar-refractivity contribution in [3.63, 3.8) is 0 Å². The molecule has 0 spiro atoms. The summed E-state index contributed by atoms with van der Waals surface area (Å²) in [6.45, 7) is 3.02. The lowest BCUT2D eigenvalue weighted by atomic mass is 10.2. The highest BCUT2D eigenvalue weighted by Gasteiger charge is 2.07. The Kier molecular flexibility index (Phi) is 4.65. The van der Waals surface area contributed by atoms with Gasteiger partial charge < -0.3 is 10.6 Å². The van der Waals surface area contributed by atoms with Gasteiger partial charge in [-0.25, -0.2) is 4.98 Å². The van der Waals surface area contributed by atoms with Gasteiger partial charge in [-0.2, -0.15) is 0 Å². The number of rotatable bonds is 4. The van der Waals surface area contributed by atoms with Gasteiger partial charge in [-0.05, 0) is 18.6 Å². The number of nitroso groups, excluding NO2 is 1. The molecule has 0 radical (unpaired) electrons. The van der Waals surface area contributed by atoms with Crippen molar-refractivity contribution in [1.29, 1.82) is 0 Å². The van der Waals surface area contributed by atoms with Crippen molar-refractivity contribution < 1.29 is 0 Å². The van der Waals surface area contributed by atoms with E-state index in [9.17, 15) is 4.91 Å². The third kappa shape index (κ3) is 3.47. The molecule has 2 N–H and O–H groups in total. The van der Waals surface area contributed by atoms with Gasteiger partial charge in [-0.3, -0.25) is 0 Å². The van der Waals surface area contributed by atoms with Gasteiger partial charge in [-0.1, -0.05) is 22.8 Å². The number of halogens is 1. The van der Waals surface area contributed by atoms with Crippen LogP contribution in [0.25, 0.3) is 0 Å². The average molecular weight is 242 g/mol. The Morgan fingerprint density at radius 1 is 1.62 bits per heavy atom. The van der Waals surface area contributed by atoms with Crippen LogP contribution in [0.1, 0.15) is 12.5 Å². The molecule has 0 fully saturated rings. The molecule has 0 atom stereocenters. The lowest BCUT2D eigenvalue weighted by Crippen LogP contribution is -2.36. The summed E-state index contributed by atoms with van der Waals surface area (Å²) in [5, 5.41) is 6.08. The zero-order chi connectivity index (χ0) is 12.0. The molecule has 0 bridgehead atoms. The fraction of sp³-hybridized carbons (Fsp3) is 0.333. The molecular formula is C9H12ClN5O. The Labute approximate surface area is 98.1 Å². The Hall–Kier alpha value is -1.69. The normalized spacial score (nSPS) is 11.2. The van der Waals surface area contributed by atoms with Crippen LogP contribution in [-0.4, -0.2) is 22.4 Å². The van der Waals surface area contributed by atoms with Crippen molar-refractivity contribution in [2.24, 2.45) is 16.1 Å². The van der Waals surface area contributed by atoms with E-state index in [0.717, 1.165) is 5.56 Å². The summed E-state index contributed by atoms with van der Waals surface area (Å²) in [5.41, 5.74) is 6.48. The zero-order valence-electron chi connectivity index (χ0n) is 8.80. The molecule has 1 rings (SSSR count). The molecule has 6 nitrogen and oxygen atoms in total.